The van der Waals surface area contributed by atoms with E-state index in [4.69, 9.17) is 0 Å². The van der Waals surface area contributed by atoms with Crippen molar-refractivity contribution in [3.63, 3.8) is 0 Å². The molecule has 4 heteroatoms. The van der Waals surface area contributed by atoms with Gasteiger partial charge in [0.05, 0.1) is 6.10 Å². The van der Waals surface area contributed by atoms with Crippen molar-refractivity contribution in [1.82, 2.24) is 9.80 Å². The number of aliphatic hydroxyl groups is 1. The molecule has 0 radical (unpaired) electrons. The van der Waals surface area contributed by atoms with Crippen molar-refractivity contribution in [2.45, 2.75) is 32.4 Å². The highest BCUT2D eigenvalue weighted by atomic mass is 19.1. The molecule has 1 atom stereocenters. The summed E-state index contributed by atoms with van der Waals surface area (Å²) in [4.78, 5) is 4.55. The van der Waals surface area contributed by atoms with Gasteiger partial charge in [-0.2, -0.15) is 0 Å². The first-order chi connectivity index (χ1) is 10.0. The first-order valence-electron chi connectivity index (χ1n) is 7.87. The Morgan fingerprint density at radius 2 is 2.00 bits per heavy atom. The van der Waals surface area contributed by atoms with E-state index in [2.05, 4.69) is 16.8 Å². The van der Waals surface area contributed by atoms with Crippen molar-refractivity contribution in [3.8, 4) is 0 Å². The van der Waals surface area contributed by atoms with Crippen LogP contribution in [0.3, 0.4) is 0 Å². The zero-order valence-electron chi connectivity index (χ0n) is 13.1. The van der Waals surface area contributed by atoms with Crippen molar-refractivity contribution < 1.29 is 9.50 Å². The van der Waals surface area contributed by atoms with Crippen LogP contribution in [-0.4, -0.2) is 54.2 Å². The lowest BCUT2D eigenvalue weighted by Crippen LogP contribution is -2.40. The lowest BCUT2D eigenvalue weighted by Gasteiger charge is -2.34. The van der Waals surface area contributed by atoms with Crippen LogP contribution in [0.4, 0.5) is 4.39 Å². The van der Waals surface area contributed by atoms with E-state index in [0.717, 1.165) is 44.6 Å². The summed E-state index contributed by atoms with van der Waals surface area (Å²) in [6.07, 6.45) is 2.08. The molecule has 0 unspecified atom stereocenters. The molecule has 1 fully saturated rings. The van der Waals surface area contributed by atoms with Gasteiger partial charge in [0.25, 0.3) is 0 Å². The standard InChI is InChI=1S/C17H27FN2O/c1-14(21)11-20-9-7-15(8-10-20)12-19(2)13-16-5-3-4-6-17(16)18/h3-6,14-15,21H,7-13H2,1-2H3/t14-/m1/s1. The Hall–Kier alpha value is -0.970. The Morgan fingerprint density at radius 1 is 1.33 bits per heavy atom. The molecule has 118 valence electrons. The second kappa shape index (κ2) is 7.87. The molecule has 1 saturated heterocycles. The summed E-state index contributed by atoms with van der Waals surface area (Å²) in [5.74, 6) is 0.558. The molecular weight excluding hydrogens is 267 g/mol. The minimum absolute atomic E-state index is 0.115. The van der Waals surface area contributed by atoms with Gasteiger partial charge in [-0.25, -0.2) is 4.39 Å². The largest absolute Gasteiger partial charge is 0.392 e. The van der Waals surface area contributed by atoms with E-state index in [1.807, 2.05) is 19.1 Å². The number of hydrogen-bond donors (Lipinski definition) is 1. The van der Waals surface area contributed by atoms with Gasteiger partial charge < -0.3 is 14.9 Å². The van der Waals surface area contributed by atoms with Crippen molar-refractivity contribution in [3.05, 3.63) is 35.6 Å². The third kappa shape index (κ3) is 5.38. The predicted molar refractivity (Wildman–Crippen MR) is 83.6 cm³/mol. The monoisotopic (exact) mass is 294 g/mol. The molecular formula is C17H27FN2O. The minimum atomic E-state index is -0.245. The fourth-order valence-electron chi connectivity index (χ4n) is 3.15. The van der Waals surface area contributed by atoms with Gasteiger partial charge in [-0.15, -0.1) is 0 Å². The number of likely N-dealkylation sites (tertiary alicyclic amines) is 1. The van der Waals surface area contributed by atoms with Crippen LogP contribution in [0.1, 0.15) is 25.3 Å². The number of nitrogens with zero attached hydrogens (tertiary/aromatic N) is 2. The van der Waals surface area contributed by atoms with Crippen molar-refractivity contribution in [2.75, 3.05) is 33.2 Å². The summed E-state index contributed by atoms with van der Waals surface area (Å²) in [5, 5.41) is 9.42. The van der Waals surface area contributed by atoms with Crippen molar-refractivity contribution in [1.29, 1.82) is 0 Å². The molecule has 0 bridgehead atoms. The van der Waals surface area contributed by atoms with Gasteiger partial charge in [-0.05, 0) is 51.9 Å². The highest BCUT2D eigenvalue weighted by molar-refractivity contribution is 5.16. The van der Waals surface area contributed by atoms with Crippen molar-refractivity contribution in [2.24, 2.45) is 5.92 Å². The molecule has 1 heterocycles. The molecule has 1 aliphatic rings. The maximum Gasteiger partial charge on any atom is 0.127 e. The molecule has 0 spiro atoms. The van der Waals surface area contributed by atoms with E-state index in [-0.39, 0.29) is 11.9 Å². The zero-order chi connectivity index (χ0) is 15.2. The van der Waals surface area contributed by atoms with Gasteiger partial charge in [-0.3, -0.25) is 0 Å². The molecule has 1 N–H and O–H groups in total. The first-order valence-corrected chi connectivity index (χ1v) is 7.87. The smallest absolute Gasteiger partial charge is 0.127 e. The van der Waals surface area contributed by atoms with Crippen LogP contribution in [-0.2, 0) is 6.54 Å². The lowest BCUT2D eigenvalue weighted by atomic mass is 9.96. The Morgan fingerprint density at radius 3 is 2.62 bits per heavy atom. The summed E-state index contributed by atoms with van der Waals surface area (Å²) >= 11 is 0. The first kappa shape index (κ1) is 16.4. The molecule has 3 nitrogen and oxygen atoms in total. The molecule has 1 aliphatic heterocycles. The number of halogens is 1. The number of rotatable bonds is 6. The molecule has 0 aromatic heterocycles. The second-order valence-corrected chi connectivity index (χ2v) is 6.38. The summed E-state index contributed by atoms with van der Waals surface area (Å²) in [6, 6.07) is 7.01. The predicted octanol–water partition coefficient (Wildman–Crippen LogP) is 2.35. The van der Waals surface area contributed by atoms with E-state index < -0.39 is 0 Å². The second-order valence-electron chi connectivity index (χ2n) is 6.38. The third-order valence-corrected chi connectivity index (χ3v) is 4.20. The Balaban J connectivity index is 1.74. The number of benzene rings is 1. The lowest BCUT2D eigenvalue weighted by molar-refractivity contribution is 0.0918. The fourth-order valence-corrected chi connectivity index (χ4v) is 3.15. The fraction of sp³-hybridized carbons (Fsp3) is 0.647. The van der Waals surface area contributed by atoms with Crippen LogP contribution < -0.4 is 0 Å². The summed E-state index contributed by atoms with van der Waals surface area (Å²) in [7, 11) is 2.06. The van der Waals surface area contributed by atoms with Gasteiger partial charge in [0.15, 0.2) is 0 Å². The zero-order valence-corrected chi connectivity index (χ0v) is 13.1. The van der Waals surface area contributed by atoms with Crippen LogP contribution in [0.2, 0.25) is 0 Å². The Kier molecular flexibility index (Phi) is 6.15. The number of hydrogen-bond acceptors (Lipinski definition) is 3. The van der Waals surface area contributed by atoms with Crippen molar-refractivity contribution >= 4 is 0 Å². The SMILES string of the molecule is C[C@@H](O)CN1CCC(CN(C)Cc2ccccc2F)CC1. The molecule has 0 aliphatic carbocycles. The van der Waals surface area contributed by atoms with E-state index >= 15 is 0 Å². The number of piperidine rings is 1. The van der Waals surface area contributed by atoms with E-state index in [1.165, 1.54) is 6.07 Å². The summed E-state index contributed by atoms with van der Waals surface area (Å²) in [6.45, 7) is 6.41. The van der Waals surface area contributed by atoms with Crippen LogP contribution in [0.25, 0.3) is 0 Å². The van der Waals surface area contributed by atoms with Crippen LogP contribution in [0, 0.1) is 11.7 Å². The maximum atomic E-state index is 13.6. The molecule has 0 saturated carbocycles. The highest BCUT2D eigenvalue weighted by Gasteiger charge is 2.21. The quantitative estimate of drug-likeness (QED) is 0.872. The third-order valence-electron chi connectivity index (χ3n) is 4.20. The highest BCUT2D eigenvalue weighted by Crippen LogP contribution is 2.19. The summed E-state index contributed by atoms with van der Waals surface area (Å²) in [5.41, 5.74) is 0.770. The number of β-amino-alcohol motifs (C(OH)–C–C–N with tert-alkyl or cyclic N) is 1. The molecule has 1 aromatic rings. The topological polar surface area (TPSA) is 26.7 Å². The summed E-state index contributed by atoms with van der Waals surface area (Å²) < 4.78 is 13.6. The van der Waals surface area contributed by atoms with E-state index in [9.17, 15) is 9.50 Å². The van der Waals surface area contributed by atoms with E-state index in [1.54, 1.807) is 6.07 Å². The van der Waals surface area contributed by atoms with Crippen LogP contribution in [0.15, 0.2) is 24.3 Å². The van der Waals surface area contributed by atoms with Crippen LogP contribution in [0.5, 0.6) is 0 Å². The van der Waals surface area contributed by atoms with Gasteiger partial charge in [0.1, 0.15) is 5.82 Å². The average Bonchev–Trinajstić information content (AvgIpc) is 2.43. The molecule has 1 aromatic carbocycles. The van der Waals surface area contributed by atoms with Gasteiger partial charge in [0.2, 0.25) is 0 Å². The van der Waals surface area contributed by atoms with Gasteiger partial charge in [0, 0.05) is 25.2 Å². The average molecular weight is 294 g/mol. The van der Waals surface area contributed by atoms with Crippen LogP contribution >= 0.6 is 0 Å². The van der Waals surface area contributed by atoms with E-state index in [0.29, 0.717) is 12.5 Å². The molecule has 21 heavy (non-hydrogen) atoms. The number of aliphatic hydroxyl groups excluding tert-OH is 1. The maximum absolute atomic E-state index is 13.6. The molecule has 2 rings (SSSR count). The normalized spacial score (nSPS) is 19.1. The minimum Gasteiger partial charge on any atom is -0.392 e. The Labute approximate surface area is 127 Å². The Bertz CT molecular complexity index is 431. The molecule has 0 amide bonds. The van der Waals surface area contributed by atoms with Gasteiger partial charge >= 0.3 is 0 Å². The van der Waals surface area contributed by atoms with Gasteiger partial charge in [-0.1, -0.05) is 18.2 Å².